The van der Waals surface area contributed by atoms with Gasteiger partial charge in [0, 0.05) is 13.1 Å². The fraction of sp³-hybridized carbons (Fsp3) is 0.625. The molecule has 0 heterocycles. The highest BCUT2D eigenvalue weighted by atomic mass is 16.5. The number of likely N-dealkylation sites (N-methyl/N-ethyl adjacent to an activating group) is 1. The fourth-order valence-corrected chi connectivity index (χ4v) is 2.17. The van der Waals surface area contributed by atoms with E-state index in [2.05, 4.69) is 25.7 Å². The summed E-state index contributed by atoms with van der Waals surface area (Å²) >= 11 is 0. The zero-order chi connectivity index (χ0) is 14.3. The van der Waals surface area contributed by atoms with Gasteiger partial charge < -0.3 is 14.7 Å². The maximum atomic E-state index is 9.93. The molecule has 1 rings (SSSR count). The van der Waals surface area contributed by atoms with E-state index in [4.69, 9.17) is 4.74 Å². The summed E-state index contributed by atoms with van der Waals surface area (Å²) in [7, 11) is 2.03. The summed E-state index contributed by atoms with van der Waals surface area (Å²) in [5.41, 5.74) is 1.39. The molecule has 3 nitrogen and oxygen atoms in total. The highest BCUT2D eigenvalue weighted by Gasteiger charge is 2.16. The highest BCUT2D eigenvalue weighted by molar-refractivity contribution is 5.13. The second-order valence-corrected chi connectivity index (χ2v) is 6.41. The first kappa shape index (κ1) is 16.2. The Labute approximate surface area is 117 Å². The minimum absolute atomic E-state index is 0.249. The van der Waals surface area contributed by atoms with Crippen molar-refractivity contribution in [2.24, 2.45) is 5.41 Å². The number of hydrogen-bond donors (Lipinski definition) is 1. The van der Waals surface area contributed by atoms with Crippen molar-refractivity contribution in [2.75, 3.05) is 26.7 Å². The summed E-state index contributed by atoms with van der Waals surface area (Å²) in [4.78, 5) is 2.15. The molecule has 1 atom stereocenters. The molecule has 108 valence electrons. The smallest absolute Gasteiger partial charge is 0.0900 e. The molecule has 0 saturated heterocycles. The van der Waals surface area contributed by atoms with E-state index in [0.717, 1.165) is 12.1 Å². The molecular formula is C16H27NO2. The number of nitrogens with zero attached hydrogens (tertiary/aromatic N) is 1. The molecule has 0 radical (unpaired) electrons. The van der Waals surface area contributed by atoms with E-state index in [1.54, 1.807) is 0 Å². The average Bonchev–Trinajstić information content (AvgIpc) is 2.27. The molecule has 3 heteroatoms. The molecule has 0 aromatic heterocycles. The van der Waals surface area contributed by atoms with Crippen LogP contribution in [0.2, 0.25) is 0 Å². The predicted octanol–water partition coefficient (Wildman–Crippen LogP) is 2.54. The van der Waals surface area contributed by atoms with Crippen LogP contribution in [-0.4, -0.2) is 42.9 Å². The molecule has 1 unspecified atom stereocenters. The maximum absolute atomic E-state index is 9.93. The topological polar surface area (TPSA) is 32.7 Å². The van der Waals surface area contributed by atoms with Crippen molar-refractivity contribution < 1.29 is 9.84 Å². The molecule has 1 aromatic rings. The van der Waals surface area contributed by atoms with Crippen LogP contribution in [0.4, 0.5) is 0 Å². The predicted molar refractivity (Wildman–Crippen MR) is 79.1 cm³/mol. The van der Waals surface area contributed by atoms with Gasteiger partial charge in [-0.05, 0) is 18.0 Å². The molecule has 0 aliphatic heterocycles. The Bertz CT molecular complexity index is 346. The van der Waals surface area contributed by atoms with Crippen molar-refractivity contribution in [1.82, 2.24) is 4.90 Å². The molecule has 0 fully saturated rings. The van der Waals surface area contributed by atoms with Crippen LogP contribution in [0.3, 0.4) is 0 Å². The Morgan fingerprint density at radius 1 is 1.21 bits per heavy atom. The molecule has 0 bridgehead atoms. The summed E-state index contributed by atoms with van der Waals surface area (Å²) in [5.74, 6) is 0. The second kappa shape index (κ2) is 7.63. The zero-order valence-corrected chi connectivity index (χ0v) is 12.6. The van der Waals surface area contributed by atoms with Crippen LogP contribution in [0, 0.1) is 5.41 Å². The van der Waals surface area contributed by atoms with Gasteiger partial charge in [0.2, 0.25) is 0 Å². The molecule has 0 amide bonds. The fourth-order valence-electron chi connectivity index (χ4n) is 2.17. The van der Waals surface area contributed by atoms with Gasteiger partial charge >= 0.3 is 0 Å². The third kappa shape index (κ3) is 7.98. The van der Waals surface area contributed by atoms with Crippen LogP contribution in [0.5, 0.6) is 0 Å². The van der Waals surface area contributed by atoms with Gasteiger partial charge in [0.05, 0.1) is 19.3 Å². The number of ether oxygens (including phenoxy) is 1. The van der Waals surface area contributed by atoms with E-state index in [-0.39, 0.29) is 5.41 Å². The van der Waals surface area contributed by atoms with Crippen molar-refractivity contribution in [3.63, 3.8) is 0 Å². The molecule has 19 heavy (non-hydrogen) atoms. The molecule has 0 spiro atoms. The van der Waals surface area contributed by atoms with Gasteiger partial charge in [-0.25, -0.2) is 0 Å². The third-order valence-corrected chi connectivity index (χ3v) is 2.69. The Balaban J connectivity index is 2.19. The Kier molecular flexibility index (Phi) is 6.49. The average molecular weight is 265 g/mol. The summed E-state index contributed by atoms with van der Waals surface area (Å²) in [5, 5.41) is 9.93. The molecule has 0 saturated carbocycles. The van der Waals surface area contributed by atoms with Gasteiger partial charge in [0.25, 0.3) is 0 Å². The van der Waals surface area contributed by atoms with E-state index in [9.17, 15) is 5.11 Å². The van der Waals surface area contributed by atoms with Crippen LogP contribution in [0.25, 0.3) is 0 Å². The highest BCUT2D eigenvalue weighted by Crippen LogP contribution is 2.14. The Hall–Kier alpha value is -0.900. The van der Waals surface area contributed by atoms with Crippen molar-refractivity contribution in [2.45, 2.75) is 33.5 Å². The first-order valence-corrected chi connectivity index (χ1v) is 6.85. The van der Waals surface area contributed by atoms with Crippen molar-refractivity contribution in [1.29, 1.82) is 0 Å². The first-order valence-electron chi connectivity index (χ1n) is 6.85. The normalized spacial score (nSPS) is 13.8. The zero-order valence-electron chi connectivity index (χ0n) is 12.6. The van der Waals surface area contributed by atoms with E-state index in [1.165, 1.54) is 0 Å². The van der Waals surface area contributed by atoms with Crippen molar-refractivity contribution in [3.05, 3.63) is 35.9 Å². The molecule has 0 aliphatic rings. The van der Waals surface area contributed by atoms with Gasteiger partial charge in [0.15, 0.2) is 0 Å². The summed E-state index contributed by atoms with van der Waals surface area (Å²) < 4.78 is 5.54. The lowest BCUT2D eigenvalue weighted by molar-refractivity contribution is 0.00987. The number of benzene rings is 1. The SMILES string of the molecule is CN(CC(O)COCc1ccccc1)CC(C)(C)C. The largest absolute Gasteiger partial charge is 0.389 e. The molecular weight excluding hydrogens is 238 g/mol. The lowest BCUT2D eigenvalue weighted by Crippen LogP contribution is -2.37. The van der Waals surface area contributed by atoms with E-state index in [1.807, 2.05) is 37.4 Å². The van der Waals surface area contributed by atoms with Gasteiger partial charge in [0.1, 0.15) is 0 Å². The molecule has 1 N–H and O–H groups in total. The summed E-state index contributed by atoms with van der Waals surface area (Å²) in [6, 6.07) is 10.0. The lowest BCUT2D eigenvalue weighted by Gasteiger charge is -2.28. The monoisotopic (exact) mass is 265 g/mol. The van der Waals surface area contributed by atoms with Crippen LogP contribution >= 0.6 is 0 Å². The number of aliphatic hydroxyl groups excluding tert-OH is 1. The van der Waals surface area contributed by atoms with Gasteiger partial charge in [-0.1, -0.05) is 51.1 Å². The number of hydrogen-bond acceptors (Lipinski definition) is 3. The van der Waals surface area contributed by atoms with Gasteiger partial charge in [-0.3, -0.25) is 0 Å². The van der Waals surface area contributed by atoms with E-state index >= 15 is 0 Å². The number of rotatable bonds is 7. The standard InChI is InChI=1S/C16H27NO2/c1-16(2,3)13-17(4)10-15(18)12-19-11-14-8-6-5-7-9-14/h5-9,15,18H,10-13H2,1-4H3. The third-order valence-electron chi connectivity index (χ3n) is 2.69. The van der Waals surface area contributed by atoms with Crippen LogP contribution < -0.4 is 0 Å². The van der Waals surface area contributed by atoms with Crippen molar-refractivity contribution in [3.8, 4) is 0 Å². The van der Waals surface area contributed by atoms with E-state index in [0.29, 0.717) is 19.8 Å². The molecule has 0 aliphatic carbocycles. The van der Waals surface area contributed by atoms with Crippen molar-refractivity contribution >= 4 is 0 Å². The minimum atomic E-state index is -0.434. The first-order chi connectivity index (χ1) is 8.87. The summed E-state index contributed by atoms with van der Waals surface area (Å²) in [6.45, 7) is 9.13. The maximum Gasteiger partial charge on any atom is 0.0900 e. The van der Waals surface area contributed by atoms with Crippen LogP contribution in [-0.2, 0) is 11.3 Å². The van der Waals surface area contributed by atoms with Crippen LogP contribution in [0.15, 0.2) is 30.3 Å². The van der Waals surface area contributed by atoms with Gasteiger partial charge in [-0.2, -0.15) is 0 Å². The summed E-state index contributed by atoms with van der Waals surface area (Å²) in [6.07, 6.45) is -0.434. The van der Waals surface area contributed by atoms with Gasteiger partial charge in [-0.15, -0.1) is 0 Å². The van der Waals surface area contributed by atoms with E-state index < -0.39 is 6.10 Å². The lowest BCUT2D eigenvalue weighted by atomic mass is 9.96. The Morgan fingerprint density at radius 2 is 1.84 bits per heavy atom. The number of aliphatic hydroxyl groups is 1. The Morgan fingerprint density at radius 3 is 2.42 bits per heavy atom. The second-order valence-electron chi connectivity index (χ2n) is 6.41. The molecule has 1 aromatic carbocycles. The quantitative estimate of drug-likeness (QED) is 0.822. The van der Waals surface area contributed by atoms with Crippen LogP contribution in [0.1, 0.15) is 26.3 Å². The minimum Gasteiger partial charge on any atom is -0.389 e.